The summed E-state index contributed by atoms with van der Waals surface area (Å²) in [6.45, 7) is 3.84. The first kappa shape index (κ1) is 28.6. The van der Waals surface area contributed by atoms with Gasteiger partial charge in [0.15, 0.2) is 0 Å². The fourth-order valence-corrected chi connectivity index (χ4v) is 5.83. The number of nitrogens with zero attached hydrogens (tertiary/aromatic N) is 2. The zero-order valence-corrected chi connectivity index (χ0v) is 22.7. The Labute approximate surface area is 222 Å². The lowest BCUT2D eigenvalue weighted by Gasteiger charge is -2.30. The average molecular weight is 548 g/mol. The van der Waals surface area contributed by atoms with Gasteiger partial charge in [-0.2, -0.15) is 4.31 Å². The lowest BCUT2D eigenvalue weighted by molar-refractivity contribution is 0.0876. The second kappa shape index (κ2) is 13.5. The van der Waals surface area contributed by atoms with E-state index in [0.717, 1.165) is 10.4 Å². The molecule has 0 aliphatic rings. The topological polar surface area (TPSA) is 118 Å². The quantitative estimate of drug-likeness (QED) is 0.335. The number of ether oxygens (including phenoxy) is 2. The van der Waals surface area contributed by atoms with E-state index < -0.39 is 28.3 Å². The number of benzene rings is 2. The Bertz CT molecular complexity index is 1200. The zero-order valence-electron chi connectivity index (χ0n) is 21.1. The molecule has 0 saturated heterocycles. The molecule has 0 aliphatic heterocycles. The van der Waals surface area contributed by atoms with E-state index in [1.54, 1.807) is 23.8 Å². The van der Waals surface area contributed by atoms with Crippen molar-refractivity contribution in [2.24, 2.45) is 5.92 Å². The standard InChI is InChI=1S/C26H33N3O6S2/c1-19(2)15-29(37(32,33)23-11-9-21(34-3)10-12-23)16-25(30)24(13-20-7-5-4-6-8-20)28-26(31)35-17-22-14-27-18-36-22/h4-12,14,18-19,24-25,30H,13,15-17H2,1-3H3,(H,28,31). The maximum atomic E-state index is 13.5. The van der Waals surface area contributed by atoms with Crippen LogP contribution in [-0.4, -0.2) is 61.3 Å². The van der Waals surface area contributed by atoms with Crippen LogP contribution in [0, 0.1) is 5.92 Å². The van der Waals surface area contributed by atoms with E-state index in [-0.39, 0.29) is 36.9 Å². The Kier molecular flexibility index (Phi) is 10.4. The Morgan fingerprint density at radius 2 is 1.81 bits per heavy atom. The Balaban J connectivity index is 1.79. The van der Waals surface area contributed by atoms with Crippen molar-refractivity contribution in [2.45, 2.75) is 43.9 Å². The molecular formula is C26H33N3O6S2. The number of aliphatic hydroxyl groups is 1. The molecule has 3 aromatic rings. The number of amides is 1. The van der Waals surface area contributed by atoms with Gasteiger partial charge in [0.1, 0.15) is 12.4 Å². The SMILES string of the molecule is COc1ccc(S(=O)(=O)N(CC(C)C)CC(O)C(Cc2ccccc2)NC(=O)OCc2cncs2)cc1. The van der Waals surface area contributed by atoms with Crippen molar-refractivity contribution >= 4 is 27.5 Å². The van der Waals surface area contributed by atoms with Gasteiger partial charge in [0.2, 0.25) is 10.0 Å². The summed E-state index contributed by atoms with van der Waals surface area (Å²) in [6.07, 6.45) is -0.0117. The van der Waals surface area contributed by atoms with E-state index in [0.29, 0.717) is 5.75 Å². The molecule has 2 atom stereocenters. The van der Waals surface area contributed by atoms with Crippen molar-refractivity contribution in [1.82, 2.24) is 14.6 Å². The largest absolute Gasteiger partial charge is 0.497 e. The van der Waals surface area contributed by atoms with E-state index in [4.69, 9.17) is 9.47 Å². The summed E-state index contributed by atoms with van der Waals surface area (Å²) < 4.78 is 38.7. The molecule has 0 fully saturated rings. The van der Waals surface area contributed by atoms with Gasteiger partial charge >= 0.3 is 6.09 Å². The lowest BCUT2D eigenvalue weighted by Crippen LogP contribution is -2.51. The number of hydrogen-bond donors (Lipinski definition) is 2. The molecule has 0 radical (unpaired) electrons. The van der Waals surface area contributed by atoms with Crippen LogP contribution in [-0.2, 0) is 27.8 Å². The van der Waals surface area contributed by atoms with Gasteiger partial charge < -0.3 is 19.9 Å². The zero-order chi connectivity index (χ0) is 26.8. The van der Waals surface area contributed by atoms with Crippen LogP contribution in [0.4, 0.5) is 4.79 Å². The second-order valence-corrected chi connectivity index (χ2v) is 11.9. The number of alkyl carbamates (subject to hydrolysis) is 1. The highest BCUT2D eigenvalue weighted by Crippen LogP contribution is 2.22. The van der Waals surface area contributed by atoms with Crippen molar-refractivity contribution in [3.63, 3.8) is 0 Å². The molecule has 2 N–H and O–H groups in total. The number of methoxy groups -OCH3 is 1. The number of nitrogens with one attached hydrogen (secondary N) is 1. The molecule has 9 nitrogen and oxygen atoms in total. The molecule has 3 rings (SSSR count). The molecule has 0 spiro atoms. The van der Waals surface area contributed by atoms with Gasteiger partial charge in [-0.25, -0.2) is 13.2 Å². The maximum absolute atomic E-state index is 13.5. The monoisotopic (exact) mass is 547 g/mol. The van der Waals surface area contributed by atoms with Gasteiger partial charge in [-0.3, -0.25) is 4.98 Å². The van der Waals surface area contributed by atoms with E-state index in [1.807, 2.05) is 44.2 Å². The number of hydrogen-bond acceptors (Lipinski definition) is 8. The minimum absolute atomic E-state index is 0.00475. The van der Waals surface area contributed by atoms with E-state index in [2.05, 4.69) is 10.3 Å². The molecule has 200 valence electrons. The summed E-state index contributed by atoms with van der Waals surface area (Å²) in [7, 11) is -2.42. The first-order valence-corrected chi connectivity index (χ1v) is 14.2. The maximum Gasteiger partial charge on any atom is 0.407 e. The lowest BCUT2D eigenvalue weighted by atomic mass is 10.0. The highest BCUT2D eigenvalue weighted by Gasteiger charge is 2.31. The summed E-state index contributed by atoms with van der Waals surface area (Å²) in [6, 6.07) is 14.7. The van der Waals surface area contributed by atoms with Crippen LogP contribution in [0.5, 0.6) is 5.75 Å². The molecule has 1 amide bonds. The molecule has 1 aromatic heterocycles. The molecule has 2 aromatic carbocycles. The molecule has 0 aliphatic carbocycles. The van der Waals surface area contributed by atoms with E-state index >= 15 is 0 Å². The molecule has 37 heavy (non-hydrogen) atoms. The number of rotatable bonds is 13. The third-order valence-electron chi connectivity index (χ3n) is 5.55. The number of carbonyl (C=O) groups excluding carboxylic acids is 1. The number of carbonyl (C=O) groups is 1. The summed E-state index contributed by atoms with van der Waals surface area (Å²) in [5, 5.41) is 14.0. The van der Waals surface area contributed by atoms with E-state index in [9.17, 15) is 18.3 Å². The van der Waals surface area contributed by atoms with Crippen LogP contribution in [0.3, 0.4) is 0 Å². The van der Waals surface area contributed by atoms with Gasteiger partial charge in [-0.05, 0) is 42.2 Å². The third-order valence-corrected chi connectivity index (χ3v) is 8.15. The van der Waals surface area contributed by atoms with Crippen molar-refractivity contribution in [3.05, 3.63) is 76.7 Å². The van der Waals surface area contributed by atoms with Gasteiger partial charge in [0.05, 0.1) is 34.5 Å². The third kappa shape index (κ3) is 8.53. The minimum Gasteiger partial charge on any atom is -0.497 e. The summed E-state index contributed by atoms with van der Waals surface area (Å²) in [5.74, 6) is 0.545. The smallest absolute Gasteiger partial charge is 0.407 e. The molecule has 0 bridgehead atoms. The number of aromatic nitrogens is 1. The highest BCUT2D eigenvalue weighted by molar-refractivity contribution is 7.89. The van der Waals surface area contributed by atoms with Crippen LogP contribution in [0.25, 0.3) is 0 Å². The van der Waals surface area contributed by atoms with Gasteiger partial charge in [-0.15, -0.1) is 11.3 Å². The number of aliphatic hydroxyl groups excluding tert-OH is 1. The summed E-state index contributed by atoms with van der Waals surface area (Å²) >= 11 is 1.36. The predicted molar refractivity (Wildman–Crippen MR) is 142 cm³/mol. The van der Waals surface area contributed by atoms with Gasteiger partial charge in [0, 0.05) is 19.3 Å². The fraction of sp³-hybridized carbons (Fsp3) is 0.385. The second-order valence-electron chi connectivity index (χ2n) is 8.94. The van der Waals surface area contributed by atoms with Crippen molar-refractivity contribution < 1.29 is 27.8 Å². The first-order valence-electron chi connectivity index (χ1n) is 11.9. The number of thiazole rings is 1. The summed E-state index contributed by atoms with van der Waals surface area (Å²) in [4.78, 5) is 17.4. The normalized spacial score (nSPS) is 13.4. The molecular weight excluding hydrogens is 514 g/mol. The first-order chi connectivity index (χ1) is 17.7. The van der Waals surface area contributed by atoms with Crippen molar-refractivity contribution in [3.8, 4) is 5.75 Å². The van der Waals surface area contributed by atoms with Crippen LogP contribution < -0.4 is 10.1 Å². The number of sulfonamides is 1. The van der Waals surface area contributed by atoms with Gasteiger partial charge in [0.25, 0.3) is 0 Å². The predicted octanol–water partition coefficient (Wildman–Crippen LogP) is 3.70. The average Bonchev–Trinajstić information content (AvgIpc) is 3.41. The molecule has 2 unspecified atom stereocenters. The fourth-order valence-electron chi connectivity index (χ4n) is 3.71. The van der Waals surface area contributed by atoms with Crippen LogP contribution in [0.15, 0.2) is 71.2 Å². The summed E-state index contributed by atoms with van der Waals surface area (Å²) in [5.41, 5.74) is 2.52. The van der Waals surface area contributed by atoms with Crippen LogP contribution >= 0.6 is 11.3 Å². The minimum atomic E-state index is -3.92. The Hall–Kier alpha value is -2.99. The Morgan fingerprint density at radius 3 is 2.41 bits per heavy atom. The molecule has 0 saturated carbocycles. The van der Waals surface area contributed by atoms with Crippen LogP contribution in [0.2, 0.25) is 0 Å². The van der Waals surface area contributed by atoms with Crippen molar-refractivity contribution in [2.75, 3.05) is 20.2 Å². The van der Waals surface area contributed by atoms with Gasteiger partial charge in [-0.1, -0.05) is 44.2 Å². The van der Waals surface area contributed by atoms with Crippen LogP contribution in [0.1, 0.15) is 24.3 Å². The molecule has 1 heterocycles. The Morgan fingerprint density at radius 1 is 1.11 bits per heavy atom. The highest BCUT2D eigenvalue weighted by atomic mass is 32.2. The van der Waals surface area contributed by atoms with E-state index in [1.165, 1.54) is 34.9 Å². The molecule has 11 heteroatoms. The van der Waals surface area contributed by atoms with Crippen molar-refractivity contribution in [1.29, 1.82) is 0 Å².